The lowest BCUT2D eigenvalue weighted by molar-refractivity contribution is 0.0691. The Bertz CT molecular complexity index is 465. The topological polar surface area (TPSA) is 49.3 Å². The summed E-state index contributed by atoms with van der Waals surface area (Å²) in [5.41, 5.74) is 1.20. The van der Waals surface area contributed by atoms with Crippen molar-refractivity contribution in [2.24, 2.45) is 0 Å². The number of carbonyl (C=O) groups is 1. The average molecular weight is 237 g/mol. The molecule has 0 bridgehead atoms. The number of hydrogen-bond acceptors (Lipinski definition) is 2. The number of rotatable bonds is 2. The van der Waals surface area contributed by atoms with E-state index in [-0.39, 0.29) is 11.1 Å². The van der Waals surface area contributed by atoms with Gasteiger partial charge in [-0.2, -0.15) is 0 Å². The van der Waals surface area contributed by atoms with Crippen LogP contribution in [-0.2, 0) is 5.54 Å². The number of nitrogens with one attached hydrogen (secondary N) is 1. The van der Waals surface area contributed by atoms with E-state index >= 15 is 0 Å². The Labute approximate surface area is 99.7 Å². The number of carboxylic acids is 1. The van der Waals surface area contributed by atoms with Crippen molar-refractivity contribution in [3.05, 3.63) is 34.6 Å². The van der Waals surface area contributed by atoms with Gasteiger partial charge < -0.3 is 10.4 Å². The quantitative estimate of drug-likeness (QED) is 0.830. The van der Waals surface area contributed by atoms with Crippen LogP contribution < -0.4 is 5.32 Å². The van der Waals surface area contributed by atoms with E-state index in [9.17, 15) is 9.18 Å². The third-order valence-electron chi connectivity index (χ3n) is 3.51. The first-order chi connectivity index (χ1) is 7.94. The highest BCUT2D eigenvalue weighted by Crippen LogP contribution is 2.33. The molecule has 1 atom stereocenters. The lowest BCUT2D eigenvalue weighted by Crippen LogP contribution is -2.34. The van der Waals surface area contributed by atoms with Crippen LogP contribution in [-0.4, -0.2) is 17.6 Å². The first-order valence-electron chi connectivity index (χ1n) is 5.73. The van der Waals surface area contributed by atoms with Gasteiger partial charge in [-0.1, -0.05) is 0 Å². The fraction of sp³-hybridized carbons (Fsp3) is 0.462. The molecule has 0 spiro atoms. The third-order valence-corrected chi connectivity index (χ3v) is 3.51. The van der Waals surface area contributed by atoms with Crippen LogP contribution in [0.15, 0.2) is 12.1 Å². The maximum Gasteiger partial charge on any atom is 0.338 e. The monoisotopic (exact) mass is 237 g/mol. The zero-order valence-corrected chi connectivity index (χ0v) is 10.0. The summed E-state index contributed by atoms with van der Waals surface area (Å²) in [6.07, 6.45) is 1.99. The molecule has 4 heteroatoms. The van der Waals surface area contributed by atoms with Crippen molar-refractivity contribution < 1.29 is 14.3 Å². The minimum atomic E-state index is -1.22. The first-order valence-corrected chi connectivity index (χ1v) is 5.73. The molecule has 2 rings (SSSR count). The summed E-state index contributed by atoms with van der Waals surface area (Å²) in [4.78, 5) is 10.9. The van der Waals surface area contributed by atoms with Gasteiger partial charge in [-0.25, -0.2) is 9.18 Å². The number of halogens is 1. The maximum atomic E-state index is 13.5. The smallest absolute Gasteiger partial charge is 0.338 e. The molecular weight excluding hydrogens is 221 g/mol. The molecule has 92 valence electrons. The van der Waals surface area contributed by atoms with Gasteiger partial charge in [-0.15, -0.1) is 0 Å². The number of hydrogen-bond donors (Lipinski definition) is 2. The Morgan fingerprint density at radius 3 is 2.76 bits per heavy atom. The second-order valence-electron chi connectivity index (χ2n) is 4.81. The molecule has 1 aliphatic heterocycles. The summed E-state index contributed by atoms with van der Waals surface area (Å²) >= 11 is 0. The molecule has 0 radical (unpaired) electrons. The number of benzene rings is 1. The van der Waals surface area contributed by atoms with Crippen LogP contribution >= 0.6 is 0 Å². The van der Waals surface area contributed by atoms with Gasteiger partial charge in [-0.05, 0) is 56.5 Å². The highest BCUT2D eigenvalue weighted by molar-refractivity contribution is 5.88. The predicted octanol–water partition coefficient (Wildman–Crippen LogP) is 2.43. The van der Waals surface area contributed by atoms with Crippen molar-refractivity contribution in [3.63, 3.8) is 0 Å². The van der Waals surface area contributed by atoms with Gasteiger partial charge in [0.05, 0.1) is 5.56 Å². The van der Waals surface area contributed by atoms with Crippen LogP contribution in [0.4, 0.5) is 4.39 Å². The summed E-state index contributed by atoms with van der Waals surface area (Å²) in [5, 5.41) is 12.3. The fourth-order valence-corrected chi connectivity index (χ4v) is 2.56. The van der Waals surface area contributed by atoms with Crippen molar-refractivity contribution in [2.75, 3.05) is 6.54 Å². The van der Waals surface area contributed by atoms with Gasteiger partial charge in [0.15, 0.2) is 0 Å². The second kappa shape index (κ2) is 4.11. The fourth-order valence-electron chi connectivity index (χ4n) is 2.56. The van der Waals surface area contributed by atoms with Crippen LogP contribution in [0.2, 0.25) is 0 Å². The molecule has 1 saturated heterocycles. The molecule has 1 aromatic carbocycles. The summed E-state index contributed by atoms with van der Waals surface area (Å²) in [6.45, 7) is 4.76. The van der Waals surface area contributed by atoms with Gasteiger partial charge >= 0.3 is 5.97 Å². The van der Waals surface area contributed by atoms with E-state index in [2.05, 4.69) is 5.32 Å². The van der Waals surface area contributed by atoms with Gasteiger partial charge in [-0.3, -0.25) is 0 Å². The van der Waals surface area contributed by atoms with Gasteiger partial charge in [0.1, 0.15) is 5.82 Å². The molecule has 1 aromatic rings. The normalized spacial score (nSPS) is 23.9. The van der Waals surface area contributed by atoms with E-state index in [0.29, 0.717) is 0 Å². The number of aryl methyl sites for hydroxylation is 1. The minimum Gasteiger partial charge on any atom is -0.478 e. The Balaban J connectivity index is 2.54. The zero-order chi connectivity index (χ0) is 12.6. The van der Waals surface area contributed by atoms with Crippen molar-refractivity contribution in [1.82, 2.24) is 5.32 Å². The molecule has 0 saturated carbocycles. The average Bonchev–Trinajstić information content (AvgIpc) is 2.65. The largest absolute Gasteiger partial charge is 0.478 e. The first kappa shape index (κ1) is 12.0. The Kier molecular flexibility index (Phi) is 2.91. The zero-order valence-electron chi connectivity index (χ0n) is 10.0. The molecule has 2 N–H and O–H groups in total. The molecule has 1 fully saturated rings. The Morgan fingerprint density at radius 1 is 1.53 bits per heavy atom. The SMILES string of the molecule is Cc1cc(F)c(C(=O)O)cc1C1(C)CCCN1. The van der Waals surface area contributed by atoms with Crippen LogP contribution in [0.5, 0.6) is 0 Å². The van der Waals surface area contributed by atoms with Crippen LogP contribution in [0, 0.1) is 12.7 Å². The molecule has 3 nitrogen and oxygen atoms in total. The second-order valence-corrected chi connectivity index (χ2v) is 4.81. The number of aromatic carboxylic acids is 1. The molecule has 1 unspecified atom stereocenters. The molecule has 0 aliphatic carbocycles. The lowest BCUT2D eigenvalue weighted by Gasteiger charge is -2.27. The van der Waals surface area contributed by atoms with Gasteiger partial charge in [0.25, 0.3) is 0 Å². The van der Waals surface area contributed by atoms with Crippen molar-refractivity contribution in [1.29, 1.82) is 0 Å². The lowest BCUT2D eigenvalue weighted by atomic mass is 9.86. The molecule has 1 heterocycles. The van der Waals surface area contributed by atoms with Crippen molar-refractivity contribution >= 4 is 5.97 Å². The van der Waals surface area contributed by atoms with Crippen molar-refractivity contribution in [3.8, 4) is 0 Å². The summed E-state index contributed by atoms with van der Waals surface area (Å²) in [7, 11) is 0. The highest BCUT2D eigenvalue weighted by atomic mass is 19.1. The van der Waals surface area contributed by atoms with E-state index in [1.165, 1.54) is 12.1 Å². The van der Waals surface area contributed by atoms with Crippen LogP contribution in [0.25, 0.3) is 0 Å². The van der Waals surface area contributed by atoms with Gasteiger partial charge in [0.2, 0.25) is 0 Å². The summed E-state index contributed by atoms with van der Waals surface area (Å²) in [5.74, 6) is -1.88. The molecule has 0 amide bonds. The highest BCUT2D eigenvalue weighted by Gasteiger charge is 2.32. The van der Waals surface area contributed by atoms with Gasteiger partial charge in [0, 0.05) is 5.54 Å². The molecule has 1 aliphatic rings. The van der Waals surface area contributed by atoms with E-state index < -0.39 is 11.8 Å². The van der Waals surface area contributed by atoms with Crippen molar-refractivity contribution in [2.45, 2.75) is 32.2 Å². The summed E-state index contributed by atoms with van der Waals surface area (Å²) < 4.78 is 13.5. The van der Waals surface area contributed by atoms with Crippen LogP contribution in [0.1, 0.15) is 41.3 Å². The molecule has 17 heavy (non-hydrogen) atoms. The van der Waals surface area contributed by atoms with Crippen LogP contribution in [0.3, 0.4) is 0 Å². The maximum absolute atomic E-state index is 13.5. The summed E-state index contributed by atoms with van der Waals surface area (Å²) in [6, 6.07) is 2.77. The molecule has 0 aromatic heterocycles. The Morgan fingerprint density at radius 2 is 2.24 bits per heavy atom. The molecular formula is C13H16FNO2. The van der Waals surface area contributed by atoms with E-state index in [0.717, 1.165) is 30.5 Å². The van der Waals surface area contributed by atoms with E-state index in [4.69, 9.17) is 5.11 Å². The third kappa shape index (κ3) is 2.05. The minimum absolute atomic E-state index is 0.234. The number of carboxylic acid groups (broad SMARTS) is 1. The Hall–Kier alpha value is -1.42. The van der Waals surface area contributed by atoms with E-state index in [1.807, 2.05) is 13.8 Å². The predicted molar refractivity (Wildman–Crippen MR) is 62.7 cm³/mol. The standard InChI is InChI=1S/C13H16FNO2/c1-8-6-11(14)9(12(16)17)7-10(8)13(2)4-3-5-15-13/h6-7,15H,3-5H2,1-2H3,(H,16,17). The van der Waals surface area contributed by atoms with E-state index in [1.54, 1.807) is 0 Å².